The maximum Gasteiger partial charge on any atom is 0.427 e. The summed E-state index contributed by atoms with van der Waals surface area (Å²) in [7, 11) is 0. The van der Waals surface area contributed by atoms with Crippen LogP contribution in [-0.2, 0) is 0 Å². The first kappa shape index (κ1) is 14.9. The summed E-state index contributed by atoms with van der Waals surface area (Å²) in [6.45, 7) is 0. The predicted octanol–water partition coefficient (Wildman–Crippen LogP) is 2.07. The van der Waals surface area contributed by atoms with Crippen LogP contribution in [0.15, 0.2) is 53.5 Å². The van der Waals surface area contributed by atoms with Gasteiger partial charge in [0.05, 0.1) is 9.95 Å². The van der Waals surface area contributed by atoms with Gasteiger partial charge in [0.1, 0.15) is 11.1 Å². The van der Waals surface area contributed by atoms with E-state index < -0.39 is 16.4 Å². The van der Waals surface area contributed by atoms with Crippen molar-refractivity contribution < 1.29 is 14.3 Å². The summed E-state index contributed by atoms with van der Waals surface area (Å²) in [6, 6.07) is 10.3. The first-order valence-corrected chi connectivity index (χ1v) is 6.87. The molecule has 114 valence electrons. The van der Waals surface area contributed by atoms with Crippen molar-refractivity contribution in [1.82, 2.24) is 4.98 Å². The Labute approximate surface area is 133 Å². The van der Waals surface area contributed by atoms with Crippen molar-refractivity contribution in [2.75, 3.05) is 0 Å². The molecule has 0 radical (unpaired) electrons. The zero-order valence-corrected chi connectivity index (χ0v) is 12.3. The fourth-order valence-electron chi connectivity index (χ4n) is 2.23. The number of hydrogen-bond acceptors (Lipinski definition) is 4. The van der Waals surface area contributed by atoms with Gasteiger partial charge >= 0.3 is 11.5 Å². The molecule has 0 unspecified atom stereocenters. The molecule has 3 aromatic rings. The second kappa shape index (κ2) is 5.62. The van der Waals surface area contributed by atoms with Crippen LogP contribution in [0.5, 0.6) is 0 Å². The molecule has 3 rings (SSSR count). The Morgan fingerprint density at radius 3 is 2.70 bits per heavy atom. The van der Waals surface area contributed by atoms with Crippen molar-refractivity contribution in [3.05, 3.63) is 79.7 Å². The van der Waals surface area contributed by atoms with Crippen molar-refractivity contribution >= 4 is 34.2 Å². The number of nitro groups is 1. The van der Waals surface area contributed by atoms with Gasteiger partial charge in [0.15, 0.2) is 0 Å². The van der Waals surface area contributed by atoms with Crippen LogP contribution >= 0.6 is 11.6 Å². The van der Waals surface area contributed by atoms with Crippen LogP contribution in [0.1, 0.15) is 10.4 Å². The van der Waals surface area contributed by atoms with Crippen molar-refractivity contribution in [2.24, 2.45) is 0 Å². The van der Waals surface area contributed by atoms with Crippen LogP contribution in [0.25, 0.3) is 11.0 Å². The molecule has 0 bridgehead atoms. The van der Waals surface area contributed by atoms with Gasteiger partial charge in [0.25, 0.3) is 5.69 Å². The fourth-order valence-corrected chi connectivity index (χ4v) is 2.43. The van der Waals surface area contributed by atoms with Gasteiger partial charge in [-0.1, -0.05) is 23.7 Å². The minimum atomic E-state index is -0.624. The normalized spacial score (nSPS) is 10.7. The van der Waals surface area contributed by atoms with Crippen LogP contribution in [0.4, 0.5) is 5.69 Å². The number of H-pyrrole nitrogens is 1. The summed E-state index contributed by atoms with van der Waals surface area (Å²) in [5.74, 6) is -0.624. The number of aromatic amines is 1. The van der Waals surface area contributed by atoms with E-state index >= 15 is 0 Å². The van der Waals surface area contributed by atoms with E-state index in [-0.39, 0.29) is 16.3 Å². The van der Waals surface area contributed by atoms with Gasteiger partial charge in [-0.2, -0.15) is 0 Å². The van der Waals surface area contributed by atoms with E-state index in [2.05, 4.69) is 4.98 Å². The third-order valence-electron chi connectivity index (χ3n) is 3.28. The molecule has 1 aromatic heterocycles. The lowest BCUT2D eigenvalue weighted by molar-refractivity contribution is -0.543. The first-order chi connectivity index (χ1) is 11.0. The summed E-state index contributed by atoms with van der Waals surface area (Å²) in [5, 5.41) is 10.9. The number of para-hydroxylation sites is 2. The molecule has 0 saturated heterocycles. The highest BCUT2D eigenvalue weighted by Gasteiger charge is 2.26. The van der Waals surface area contributed by atoms with Crippen LogP contribution < -0.4 is 10.1 Å². The first-order valence-electron chi connectivity index (χ1n) is 6.50. The maximum atomic E-state index is 12.7. The number of nitrogens with one attached hydrogen (secondary N) is 1. The Balaban J connectivity index is 2.24. The third-order valence-corrected chi connectivity index (χ3v) is 3.61. The molecule has 0 fully saturated rings. The minimum absolute atomic E-state index is 0.0541. The Morgan fingerprint density at radius 1 is 1.22 bits per heavy atom. The van der Waals surface area contributed by atoms with Crippen LogP contribution in [-0.4, -0.2) is 15.8 Å². The number of nitro benzene ring substituents is 1. The highest BCUT2D eigenvalue weighted by atomic mass is 35.5. The Kier molecular flexibility index (Phi) is 3.63. The van der Waals surface area contributed by atoms with E-state index in [0.29, 0.717) is 11.0 Å². The lowest BCUT2D eigenvalue weighted by Gasteiger charge is -2.01. The molecule has 0 atom stereocenters. The number of non-ortho nitro benzene ring substituents is 1. The molecule has 2 aromatic carbocycles. The summed E-state index contributed by atoms with van der Waals surface area (Å²) < 4.78 is 1.12. The molecule has 0 saturated carbocycles. The molecular formula is C15H9ClN3O4+. The van der Waals surface area contributed by atoms with Crippen LogP contribution in [0.3, 0.4) is 0 Å². The third kappa shape index (κ3) is 2.69. The van der Waals surface area contributed by atoms with Gasteiger partial charge in [0, 0.05) is 18.2 Å². The van der Waals surface area contributed by atoms with Gasteiger partial charge in [-0.05, 0) is 12.1 Å². The van der Waals surface area contributed by atoms with E-state index in [9.17, 15) is 19.7 Å². The minimum Gasteiger partial charge on any atom is -0.312 e. The molecular weight excluding hydrogens is 322 g/mol. The fraction of sp³-hybridized carbons (Fsp3) is 0. The van der Waals surface area contributed by atoms with E-state index in [1.165, 1.54) is 12.1 Å². The second-order valence-corrected chi connectivity index (χ2v) is 5.14. The Hall–Kier alpha value is -3.06. The lowest BCUT2D eigenvalue weighted by Crippen LogP contribution is -2.46. The van der Waals surface area contributed by atoms with E-state index in [1.807, 2.05) is 0 Å². The summed E-state index contributed by atoms with van der Waals surface area (Å²) >= 11 is 5.99. The number of rotatable bonds is 2. The predicted molar refractivity (Wildman–Crippen MR) is 82.6 cm³/mol. The molecule has 7 nitrogen and oxygen atoms in total. The number of carbonyl (C=O) groups is 1. The maximum absolute atomic E-state index is 12.7. The van der Waals surface area contributed by atoms with Gasteiger partial charge in [-0.3, -0.25) is 14.9 Å². The monoisotopic (exact) mass is 330 g/mol. The zero-order chi connectivity index (χ0) is 16.6. The molecule has 0 amide bonds. The molecule has 0 aliphatic rings. The quantitative estimate of drug-likeness (QED) is 0.442. The lowest BCUT2D eigenvalue weighted by atomic mass is 10.1. The van der Waals surface area contributed by atoms with Gasteiger partial charge in [-0.15, -0.1) is 4.57 Å². The molecule has 1 heterocycles. The van der Waals surface area contributed by atoms with Crippen molar-refractivity contribution in [3.8, 4) is 0 Å². The number of benzene rings is 2. The molecule has 8 heteroatoms. The SMILES string of the molecule is O=C(c1cc([N+](=O)[O-])ccc1Cl)[n+]1cc(=O)[nH]c2ccccc21. The van der Waals surface area contributed by atoms with Crippen molar-refractivity contribution in [3.63, 3.8) is 0 Å². The number of fused-ring (bicyclic) bond motifs is 1. The molecule has 0 aliphatic heterocycles. The van der Waals surface area contributed by atoms with E-state index in [1.54, 1.807) is 24.3 Å². The standard InChI is InChI=1S/C15H8ClN3O4/c16-11-6-5-9(19(22)23)7-10(11)15(21)18-8-14(20)17-12-3-1-2-4-13(12)18/h1-8H/p+1. The van der Waals surface area contributed by atoms with Crippen LogP contribution in [0.2, 0.25) is 5.02 Å². The number of aromatic nitrogens is 2. The van der Waals surface area contributed by atoms with Gasteiger partial charge in [0.2, 0.25) is 11.7 Å². The number of nitrogens with zero attached hydrogens (tertiary/aromatic N) is 2. The largest absolute Gasteiger partial charge is 0.427 e. The Bertz CT molecular complexity index is 1010. The highest BCUT2D eigenvalue weighted by Crippen LogP contribution is 2.22. The summed E-state index contributed by atoms with van der Waals surface area (Å²) in [4.78, 5) is 37.3. The topological polar surface area (TPSA) is 96.9 Å². The second-order valence-electron chi connectivity index (χ2n) is 4.73. The number of halogens is 1. The highest BCUT2D eigenvalue weighted by molar-refractivity contribution is 6.33. The Morgan fingerprint density at radius 2 is 1.96 bits per heavy atom. The average Bonchev–Trinajstić information content (AvgIpc) is 2.53. The summed E-state index contributed by atoms with van der Waals surface area (Å²) in [5.41, 5.74) is 0.141. The average molecular weight is 331 g/mol. The van der Waals surface area contributed by atoms with E-state index in [0.717, 1.165) is 16.8 Å². The van der Waals surface area contributed by atoms with Crippen LogP contribution in [0, 0.1) is 10.1 Å². The zero-order valence-electron chi connectivity index (χ0n) is 11.5. The smallest absolute Gasteiger partial charge is 0.312 e. The summed E-state index contributed by atoms with van der Waals surface area (Å²) in [6.07, 6.45) is 1.08. The van der Waals surface area contributed by atoms with Crippen molar-refractivity contribution in [1.29, 1.82) is 0 Å². The molecule has 0 spiro atoms. The molecule has 1 N–H and O–H groups in total. The molecule has 23 heavy (non-hydrogen) atoms. The van der Waals surface area contributed by atoms with Crippen molar-refractivity contribution in [2.45, 2.75) is 0 Å². The number of carbonyl (C=O) groups excluding carboxylic acids is 1. The van der Waals surface area contributed by atoms with Gasteiger partial charge in [-0.25, -0.2) is 4.79 Å². The number of hydrogen-bond donors (Lipinski definition) is 1. The van der Waals surface area contributed by atoms with E-state index in [4.69, 9.17) is 11.6 Å². The molecule has 0 aliphatic carbocycles. The van der Waals surface area contributed by atoms with Gasteiger partial charge < -0.3 is 4.98 Å².